The second-order valence-corrected chi connectivity index (χ2v) is 7.40. The Morgan fingerprint density at radius 3 is 2.39 bits per heavy atom. The highest BCUT2D eigenvalue weighted by molar-refractivity contribution is 7.92. The largest absolute Gasteiger partial charge is 0.480 e. The number of anilines is 1. The van der Waals surface area contributed by atoms with Gasteiger partial charge >= 0.3 is 11.6 Å². The minimum atomic E-state index is -3.92. The van der Waals surface area contributed by atoms with Crippen molar-refractivity contribution in [1.82, 2.24) is 5.32 Å². The number of sulfonamides is 1. The van der Waals surface area contributed by atoms with E-state index in [0.29, 0.717) is 5.39 Å². The third-order valence-corrected chi connectivity index (χ3v) is 5.08. The summed E-state index contributed by atoms with van der Waals surface area (Å²) in [5.41, 5.74) is 0.135. The van der Waals surface area contributed by atoms with E-state index in [1.54, 1.807) is 0 Å². The van der Waals surface area contributed by atoms with Crippen molar-refractivity contribution in [3.63, 3.8) is 0 Å². The maximum atomic E-state index is 12.6. The average molecular weight is 402 g/mol. The van der Waals surface area contributed by atoms with Crippen LogP contribution in [0.2, 0.25) is 0 Å². The summed E-state index contributed by atoms with van der Waals surface area (Å²) in [6.07, 6.45) is 0. The van der Waals surface area contributed by atoms with E-state index in [-0.39, 0.29) is 21.7 Å². The molecule has 0 radical (unpaired) electrons. The molecule has 28 heavy (non-hydrogen) atoms. The summed E-state index contributed by atoms with van der Waals surface area (Å²) < 4.78 is 32.5. The van der Waals surface area contributed by atoms with Crippen molar-refractivity contribution in [3.05, 3.63) is 70.6 Å². The van der Waals surface area contributed by atoms with Gasteiger partial charge < -0.3 is 14.8 Å². The van der Waals surface area contributed by atoms with Crippen LogP contribution in [0.1, 0.15) is 10.4 Å². The summed E-state index contributed by atoms with van der Waals surface area (Å²) in [4.78, 5) is 33.4. The van der Waals surface area contributed by atoms with Gasteiger partial charge in [0.15, 0.2) is 0 Å². The van der Waals surface area contributed by atoms with Crippen LogP contribution in [-0.2, 0) is 14.8 Å². The van der Waals surface area contributed by atoms with E-state index in [4.69, 9.17) is 9.52 Å². The molecule has 3 N–H and O–H groups in total. The minimum Gasteiger partial charge on any atom is -0.480 e. The topological polar surface area (TPSA) is 143 Å². The molecule has 0 atom stereocenters. The van der Waals surface area contributed by atoms with Crippen LogP contribution in [0, 0.1) is 0 Å². The van der Waals surface area contributed by atoms with E-state index in [0.717, 1.165) is 0 Å². The van der Waals surface area contributed by atoms with Crippen molar-refractivity contribution in [2.45, 2.75) is 4.90 Å². The molecule has 0 aliphatic rings. The second kappa shape index (κ2) is 7.53. The van der Waals surface area contributed by atoms with Gasteiger partial charge in [0.25, 0.3) is 15.9 Å². The molecule has 0 saturated carbocycles. The Morgan fingerprint density at radius 1 is 1.00 bits per heavy atom. The Hall–Kier alpha value is -3.66. The fourth-order valence-corrected chi connectivity index (χ4v) is 3.47. The highest BCUT2D eigenvalue weighted by atomic mass is 32.2. The molecule has 9 nitrogen and oxygen atoms in total. The Bertz CT molecular complexity index is 1210. The molecule has 3 rings (SSSR count). The van der Waals surface area contributed by atoms with Gasteiger partial charge in [-0.1, -0.05) is 0 Å². The van der Waals surface area contributed by atoms with Gasteiger partial charge in [-0.3, -0.25) is 14.3 Å². The maximum Gasteiger partial charge on any atom is 0.336 e. The third kappa shape index (κ3) is 4.35. The first kappa shape index (κ1) is 19.1. The third-order valence-electron chi connectivity index (χ3n) is 3.70. The minimum absolute atomic E-state index is 0.0304. The number of amides is 1. The SMILES string of the molecule is O=C(O)CNC(=O)c1ccc(NS(=O)(=O)c2ccc3oc(=O)ccc3c2)cc1. The number of hydrogen-bond donors (Lipinski definition) is 3. The predicted molar refractivity (Wildman–Crippen MR) is 99.7 cm³/mol. The zero-order valence-corrected chi connectivity index (χ0v) is 15.0. The number of rotatable bonds is 6. The quantitative estimate of drug-likeness (QED) is 0.529. The molecule has 2 aromatic carbocycles. The Labute approximate surface area is 158 Å². The summed E-state index contributed by atoms with van der Waals surface area (Å²) >= 11 is 0. The van der Waals surface area contributed by atoms with Crippen LogP contribution in [0.5, 0.6) is 0 Å². The van der Waals surface area contributed by atoms with Crippen molar-refractivity contribution < 1.29 is 27.5 Å². The van der Waals surface area contributed by atoms with E-state index in [1.165, 1.54) is 54.6 Å². The smallest absolute Gasteiger partial charge is 0.336 e. The van der Waals surface area contributed by atoms with Crippen LogP contribution >= 0.6 is 0 Å². The van der Waals surface area contributed by atoms with Crippen molar-refractivity contribution >= 4 is 38.6 Å². The standard InChI is InChI=1S/C18H14N2O7S/c21-16(22)10-19-18(24)11-1-4-13(5-2-11)20-28(25,26)14-6-7-15-12(9-14)3-8-17(23)27-15/h1-9,20H,10H2,(H,19,24)(H,21,22). The van der Waals surface area contributed by atoms with E-state index >= 15 is 0 Å². The van der Waals surface area contributed by atoms with Gasteiger partial charge in [0.05, 0.1) is 4.90 Å². The number of aliphatic carboxylic acids is 1. The highest BCUT2D eigenvalue weighted by Crippen LogP contribution is 2.21. The second-order valence-electron chi connectivity index (χ2n) is 5.71. The van der Waals surface area contributed by atoms with E-state index < -0.39 is 34.1 Å². The molecular weight excluding hydrogens is 388 g/mol. The first-order valence-electron chi connectivity index (χ1n) is 7.91. The zero-order chi connectivity index (χ0) is 20.3. The van der Waals surface area contributed by atoms with Crippen LogP contribution in [-0.4, -0.2) is 31.9 Å². The molecule has 0 aliphatic heterocycles. The number of carbonyl (C=O) groups is 2. The lowest BCUT2D eigenvalue weighted by Crippen LogP contribution is -2.29. The number of hydrogen-bond acceptors (Lipinski definition) is 6. The molecule has 1 heterocycles. The van der Waals surface area contributed by atoms with E-state index in [9.17, 15) is 22.8 Å². The van der Waals surface area contributed by atoms with Crippen molar-refractivity contribution in [2.75, 3.05) is 11.3 Å². The lowest BCUT2D eigenvalue weighted by Gasteiger charge is -2.09. The van der Waals surface area contributed by atoms with Gasteiger partial charge in [-0.2, -0.15) is 0 Å². The van der Waals surface area contributed by atoms with Crippen LogP contribution in [0.15, 0.2) is 68.7 Å². The Balaban J connectivity index is 1.78. The first-order chi connectivity index (χ1) is 13.2. The molecule has 0 fully saturated rings. The number of benzene rings is 2. The number of carboxylic acid groups (broad SMARTS) is 1. The van der Waals surface area contributed by atoms with Crippen molar-refractivity contribution in [3.8, 4) is 0 Å². The van der Waals surface area contributed by atoms with Gasteiger partial charge in [0.1, 0.15) is 12.1 Å². The zero-order valence-electron chi connectivity index (χ0n) is 14.2. The normalized spacial score (nSPS) is 11.1. The maximum absolute atomic E-state index is 12.6. The summed E-state index contributed by atoms with van der Waals surface area (Å²) in [7, 11) is -3.92. The fraction of sp³-hybridized carbons (Fsp3) is 0.0556. The number of nitrogens with one attached hydrogen (secondary N) is 2. The van der Waals surface area contributed by atoms with Gasteiger partial charge in [0, 0.05) is 22.7 Å². The first-order valence-corrected chi connectivity index (χ1v) is 9.40. The lowest BCUT2D eigenvalue weighted by molar-refractivity contribution is -0.135. The predicted octanol–water partition coefficient (Wildman–Crippen LogP) is 1.41. The lowest BCUT2D eigenvalue weighted by atomic mass is 10.2. The summed E-state index contributed by atoms with van der Waals surface area (Å²) in [5, 5.41) is 11.2. The molecule has 1 amide bonds. The van der Waals surface area contributed by atoms with Crippen LogP contribution < -0.4 is 15.7 Å². The van der Waals surface area contributed by atoms with Gasteiger partial charge in [-0.05, 0) is 48.5 Å². The van der Waals surface area contributed by atoms with Crippen molar-refractivity contribution in [2.24, 2.45) is 0 Å². The summed E-state index contributed by atoms with van der Waals surface area (Å²) in [6, 6.07) is 12.2. The average Bonchev–Trinajstić information content (AvgIpc) is 2.65. The molecule has 10 heteroatoms. The number of carbonyl (C=O) groups excluding carboxylic acids is 1. The monoisotopic (exact) mass is 402 g/mol. The number of fused-ring (bicyclic) bond motifs is 1. The molecule has 1 aromatic heterocycles. The van der Waals surface area contributed by atoms with Gasteiger partial charge in [-0.15, -0.1) is 0 Å². The fourth-order valence-electron chi connectivity index (χ4n) is 2.38. The molecule has 0 unspecified atom stereocenters. The molecule has 0 aliphatic carbocycles. The van der Waals surface area contributed by atoms with Crippen LogP contribution in [0.25, 0.3) is 11.0 Å². The van der Waals surface area contributed by atoms with Crippen molar-refractivity contribution in [1.29, 1.82) is 0 Å². The molecule has 3 aromatic rings. The summed E-state index contributed by atoms with van der Waals surface area (Å²) in [5.74, 6) is -1.76. The number of carboxylic acids is 1. The van der Waals surface area contributed by atoms with Crippen LogP contribution in [0.4, 0.5) is 5.69 Å². The Kier molecular flexibility index (Phi) is 5.14. The van der Waals surface area contributed by atoms with Gasteiger partial charge in [-0.25, -0.2) is 13.2 Å². The van der Waals surface area contributed by atoms with E-state index in [1.807, 2.05) is 0 Å². The highest BCUT2D eigenvalue weighted by Gasteiger charge is 2.16. The summed E-state index contributed by atoms with van der Waals surface area (Å²) in [6.45, 7) is -0.519. The van der Waals surface area contributed by atoms with Crippen LogP contribution in [0.3, 0.4) is 0 Å². The molecule has 144 valence electrons. The molecule has 0 bridgehead atoms. The molecule has 0 saturated heterocycles. The molecular formula is C18H14N2O7S. The van der Waals surface area contributed by atoms with E-state index in [2.05, 4.69) is 10.0 Å². The molecule has 0 spiro atoms. The Morgan fingerprint density at radius 2 is 1.71 bits per heavy atom. The van der Waals surface area contributed by atoms with Gasteiger partial charge in [0.2, 0.25) is 0 Å².